The van der Waals surface area contributed by atoms with Crippen molar-refractivity contribution in [3.05, 3.63) is 27.4 Å². The fraction of sp³-hybridized carbons (Fsp3) is 0.364. The molecule has 4 heteroatoms. The van der Waals surface area contributed by atoms with Crippen LogP contribution in [0.2, 0.25) is 0 Å². The van der Waals surface area contributed by atoms with E-state index in [2.05, 4.69) is 41.7 Å². The Morgan fingerprint density at radius 1 is 1.47 bits per heavy atom. The summed E-state index contributed by atoms with van der Waals surface area (Å²) in [5.41, 5.74) is 1.15. The third kappa shape index (κ3) is 2.12. The first-order chi connectivity index (χ1) is 7.22. The monoisotopic (exact) mass is 238 g/mol. The van der Waals surface area contributed by atoms with Crippen molar-refractivity contribution in [2.45, 2.75) is 19.9 Å². The van der Waals surface area contributed by atoms with Gasteiger partial charge in [-0.1, -0.05) is 6.07 Å². The Morgan fingerprint density at radius 2 is 2.27 bits per heavy atom. The first-order valence-corrected chi connectivity index (χ1v) is 6.60. The Hall–Kier alpha value is -0.710. The Bertz CT molecular complexity index is 431. The fourth-order valence-corrected chi connectivity index (χ4v) is 3.25. The van der Waals surface area contributed by atoms with E-state index in [1.54, 1.807) is 22.7 Å². The second-order valence-corrected chi connectivity index (χ2v) is 5.62. The predicted molar refractivity (Wildman–Crippen MR) is 67.6 cm³/mol. The van der Waals surface area contributed by atoms with Crippen molar-refractivity contribution in [1.82, 2.24) is 10.3 Å². The molecule has 0 saturated heterocycles. The van der Waals surface area contributed by atoms with Crippen LogP contribution in [0.5, 0.6) is 0 Å². The summed E-state index contributed by atoms with van der Waals surface area (Å²) in [4.78, 5) is 7.20. The highest BCUT2D eigenvalue weighted by molar-refractivity contribution is 7.15. The van der Waals surface area contributed by atoms with Gasteiger partial charge in [0.05, 0.1) is 20.5 Å². The zero-order chi connectivity index (χ0) is 10.8. The van der Waals surface area contributed by atoms with E-state index in [9.17, 15) is 0 Å². The van der Waals surface area contributed by atoms with E-state index in [0.29, 0.717) is 6.04 Å². The lowest BCUT2D eigenvalue weighted by atomic mass is 10.2. The maximum Gasteiger partial charge on any atom is 0.0962 e. The molecule has 1 N–H and O–H groups in total. The van der Waals surface area contributed by atoms with Crippen molar-refractivity contribution >= 4 is 22.7 Å². The van der Waals surface area contributed by atoms with E-state index in [1.807, 2.05) is 7.05 Å². The molecular formula is C11H14N2S2. The largest absolute Gasteiger partial charge is 0.312 e. The van der Waals surface area contributed by atoms with Crippen LogP contribution < -0.4 is 5.32 Å². The lowest BCUT2D eigenvalue weighted by Crippen LogP contribution is -2.11. The lowest BCUT2D eigenvalue weighted by Gasteiger charge is -2.08. The molecule has 0 aliphatic carbocycles. The molecule has 80 valence electrons. The minimum atomic E-state index is 0.369. The molecule has 0 spiro atoms. The molecule has 2 rings (SSSR count). The Kier molecular flexibility index (Phi) is 3.19. The number of aryl methyl sites for hydroxylation is 1. The first kappa shape index (κ1) is 10.8. The molecule has 0 fully saturated rings. The van der Waals surface area contributed by atoms with Crippen molar-refractivity contribution < 1.29 is 0 Å². The van der Waals surface area contributed by atoms with Crippen LogP contribution in [-0.2, 0) is 0 Å². The highest BCUT2D eigenvalue weighted by Gasteiger charge is 2.16. The number of hydrogen-bond donors (Lipinski definition) is 1. The van der Waals surface area contributed by atoms with Crippen molar-refractivity contribution in [3.8, 4) is 10.6 Å². The molecule has 2 nitrogen and oxygen atoms in total. The van der Waals surface area contributed by atoms with Crippen LogP contribution in [0.4, 0.5) is 0 Å². The molecule has 0 saturated carbocycles. The molecule has 0 aliphatic heterocycles. The molecule has 2 aromatic rings. The third-order valence-electron chi connectivity index (χ3n) is 2.34. The average Bonchev–Trinajstić information content (AvgIpc) is 2.84. The SMILES string of the molecule is CNC(C)c1sc(C)nc1-c1cccs1. The molecule has 2 heterocycles. The van der Waals surface area contributed by atoms with Crippen molar-refractivity contribution in [2.75, 3.05) is 7.05 Å². The molecule has 0 bridgehead atoms. The third-order valence-corrected chi connectivity index (χ3v) is 4.37. The number of thiazole rings is 1. The van der Waals surface area contributed by atoms with Gasteiger partial charge in [0, 0.05) is 6.04 Å². The van der Waals surface area contributed by atoms with Gasteiger partial charge < -0.3 is 5.32 Å². The topological polar surface area (TPSA) is 24.9 Å². The van der Waals surface area contributed by atoms with Crippen molar-refractivity contribution in [1.29, 1.82) is 0 Å². The van der Waals surface area contributed by atoms with E-state index >= 15 is 0 Å². The standard InChI is InChI=1S/C11H14N2S2/c1-7(12-3)11-10(13-8(2)15-11)9-5-4-6-14-9/h4-7,12H,1-3H3. The second-order valence-electron chi connectivity index (χ2n) is 3.43. The minimum Gasteiger partial charge on any atom is -0.312 e. The van der Waals surface area contributed by atoms with E-state index in [-0.39, 0.29) is 0 Å². The van der Waals surface area contributed by atoms with Gasteiger partial charge in [-0.05, 0) is 32.3 Å². The van der Waals surface area contributed by atoms with Crippen LogP contribution in [0.25, 0.3) is 10.6 Å². The van der Waals surface area contributed by atoms with Gasteiger partial charge in [-0.2, -0.15) is 0 Å². The number of aromatic nitrogens is 1. The average molecular weight is 238 g/mol. The quantitative estimate of drug-likeness (QED) is 0.885. The van der Waals surface area contributed by atoms with Gasteiger partial charge in [0.25, 0.3) is 0 Å². The van der Waals surface area contributed by atoms with Crippen LogP contribution in [0.3, 0.4) is 0 Å². The van der Waals surface area contributed by atoms with Crippen LogP contribution in [0, 0.1) is 6.92 Å². The Morgan fingerprint density at radius 3 is 2.87 bits per heavy atom. The second kappa shape index (κ2) is 4.43. The number of hydrogen-bond acceptors (Lipinski definition) is 4. The normalized spacial score (nSPS) is 13.0. The lowest BCUT2D eigenvalue weighted by molar-refractivity contribution is 0.664. The van der Waals surface area contributed by atoms with Crippen molar-refractivity contribution in [2.24, 2.45) is 0 Å². The van der Waals surface area contributed by atoms with Gasteiger partial charge in [-0.3, -0.25) is 0 Å². The molecule has 1 unspecified atom stereocenters. The summed E-state index contributed by atoms with van der Waals surface area (Å²) in [5.74, 6) is 0. The molecule has 0 aliphatic rings. The smallest absolute Gasteiger partial charge is 0.0962 e. The number of nitrogens with one attached hydrogen (secondary N) is 1. The molecule has 0 radical (unpaired) electrons. The molecule has 1 atom stereocenters. The van der Waals surface area contributed by atoms with Gasteiger partial charge in [0.1, 0.15) is 0 Å². The maximum atomic E-state index is 4.61. The zero-order valence-corrected chi connectivity index (χ0v) is 10.7. The van der Waals surface area contributed by atoms with Crippen molar-refractivity contribution in [3.63, 3.8) is 0 Å². The summed E-state index contributed by atoms with van der Waals surface area (Å²) < 4.78 is 0. The van der Waals surface area contributed by atoms with E-state index < -0.39 is 0 Å². The van der Waals surface area contributed by atoms with E-state index in [4.69, 9.17) is 0 Å². The van der Waals surface area contributed by atoms with Crippen LogP contribution in [0.1, 0.15) is 22.9 Å². The van der Waals surface area contributed by atoms with Gasteiger partial charge >= 0.3 is 0 Å². The number of nitrogens with zero attached hydrogens (tertiary/aromatic N) is 1. The van der Waals surface area contributed by atoms with Gasteiger partial charge in [0.2, 0.25) is 0 Å². The summed E-state index contributed by atoms with van der Waals surface area (Å²) in [6, 6.07) is 4.57. The highest BCUT2D eigenvalue weighted by Crippen LogP contribution is 2.34. The van der Waals surface area contributed by atoms with Crippen LogP contribution >= 0.6 is 22.7 Å². The Labute approximate surface area is 98.0 Å². The molecule has 0 aromatic carbocycles. The predicted octanol–water partition coefficient (Wildman–Crippen LogP) is 3.46. The first-order valence-electron chi connectivity index (χ1n) is 4.91. The molecule has 2 aromatic heterocycles. The summed E-state index contributed by atoms with van der Waals surface area (Å²) in [6.45, 7) is 4.23. The maximum absolute atomic E-state index is 4.61. The van der Waals surface area contributed by atoms with E-state index in [0.717, 1.165) is 10.7 Å². The molecular weight excluding hydrogens is 224 g/mol. The van der Waals surface area contributed by atoms with Gasteiger partial charge in [0.15, 0.2) is 0 Å². The van der Waals surface area contributed by atoms with Crippen LogP contribution in [0.15, 0.2) is 17.5 Å². The van der Waals surface area contributed by atoms with Gasteiger partial charge in [-0.25, -0.2) is 4.98 Å². The highest BCUT2D eigenvalue weighted by atomic mass is 32.1. The van der Waals surface area contributed by atoms with Gasteiger partial charge in [-0.15, -0.1) is 22.7 Å². The zero-order valence-electron chi connectivity index (χ0n) is 9.07. The van der Waals surface area contributed by atoms with Crippen LogP contribution in [-0.4, -0.2) is 12.0 Å². The fourth-order valence-electron chi connectivity index (χ4n) is 1.46. The minimum absolute atomic E-state index is 0.369. The Balaban J connectivity index is 2.47. The van der Waals surface area contributed by atoms with E-state index in [1.165, 1.54) is 9.75 Å². The number of rotatable bonds is 3. The molecule has 0 amide bonds. The molecule has 15 heavy (non-hydrogen) atoms. The number of thiophene rings is 1. The summed E-state index contributed by atoms with van der Waals surface area (Å²) in [7, 11) is 1.98. The summed E-state index contributed by atoms with van der Waals surface area (Å²) >= 11 is 3.53. The summed E-state index contributed by atoms with van der Waals surface area (Å²) in [5, 5.41) is 6.50. The summed E-state index contributed by atoms with van der Waals surface area (Å²) in [6.07, 6.45) is 0.